The number of hydrogen-bond donors (Lipinski definition) is 3. The summed E-state index contributed by atoms with van der Waals surface area (Å²) in [4.78, 5) is 8.99. The van der Waals surface area contributed by atoms with Crippen LogP contribution in [0.15, 0.2) is 24.3 Å². The van der Waals surface area contributed by atoms with E-state index >= 15 is 0 Å². The van der Waals surface area contributed by atoms with Crippen LogP contribution >= 0.6 is 0 Å². The van der Waals surface area contributed by atoms with Gasteiger partial charge in [-0.2, -0.15) is 4.98 Å². The number of hydrogen-bond acceptors (Lipinski definition) is 5. The first-order chi connectivity index (χ1) is 9.44. The summed E-state index contributed by atoms with van der Waals surface area (Å²) in [6, 6.07) is 7.84. The van der Waals surface area contributed by atoms with E-state index in [1.165, 1.54) is 0 Å². The van der Waals surface area contributed by atoms with Crippen LogP contribution in [0.2, 0.25) is 0 Å². The van der Waals surface area contributed by atoms with Gasteiger partial charge >= 0.3 is 0 Å². The van der Waals surface area contributed by atoms with E-state index in [1.807, 2.05) is 45.0 Å². The summed E-state index contributed by atoms with van der Waals surface area (Å²) in [6.45, 7) is 8.42. The molecule has 1 heterocycles. The number of rotatable bonds is 5. The van der Waals surface area contributed by atoms with Gasteiger partial charge in [0, 0.05) is 11.9 Å². The summed E-state index contributed by atoms with van der Waals surface area (Å²) in [6.07, 6.45) is -0.501. The maximum absolute atomic E-state index is 9.86. The van der Waals surface area contributed by atoms with Gasteiger partial charge in [-0.05, 0) is 39.8 Å². The summed E-state index contributed by atoms with van der Waals surface area (Å²) in [7, 11) is 0. The molecule has 1 aromatic heterocycles. The maximum atomic E-state index is 9.86. The molecule has 1 aromatic carbocycles. The summed E-state index contributed by atoms with van der Waals surface area (Å²) in [5.74, 6) is 1.33. The second kappa shape index (κ2) is 5.63. The molecule has 0 aliphatic carbocycles. The molecule has 108 valence electrons. The van der Waals surface area contributed by atoms with Crippen molar-refractivity contribution >= 4 is 22.7 Å². The molecule has 0 aliphatic heterocycles. The Labute approximate surface area is 119 Å². The van der Waals surface area contributed by atoms with Gasteiger partial charge in [0.05, 0.1) is 17.2 Å². The smallest absolute Gasteiger partial charge is 0.225 e. The van der Waals surface area contributed by atoms with E-state index in [9.17, 15) is 5.11 Å². The molecule has 0 saturated heterocycles. The Morgan fingerprint density at radius 3 is 2.60 bits per heavy atom. The number of para-hydroxylation sites is 1. The van der Waals surface area contributed by atoms with Crippen molar-refractivity contribution in [3.05, 3.63) is 24.3 Å². The number of benzene rings is 1. The number of anilines is 2. The van der Waals surface area contributed by atoms with Crippen LogP contribution in [0.25, 0.3) is 10.9 Å². The molecule has 0 amide bonds. The number of fused-ring (bicyclic) bond motifs is 1. The molecule has 1 unspecified atom stereocenters. The highest BCUT2D eigenvalue weighted by molar-refractivity contribution is 5.90. The molecule has 0 radical (unpaired) electrons. The van der Waals surface area contributed by atoms with Crippen molar-refractivity contribution in [2.45, 2.75) is 39.3 Å². The zero-order valence-electron chi connectivity index (χ0n) is 12.4. The summed E-state index contributed by atoms with van der Waals surface area (Å²) >= 11 is 0. The van der Waals surface area contributed by atoms with E-state index in [-0.39, 0.29) is 0 Å². The van der Waals surface area contributed by atoms with Crippen molar-refractivity contribution in [1.29, 1.82) is 0 Å². The summed E-state index contributed by atoms with van der Waals surface area (Å²) in [5.41, 5.74) is 0.406. The largest absolute Gasteiger partial charge is 0.391 e. The Morgan fingerprint density at radius 2 is 1.95 bits per heavy atom. The molecule has 5 nitrogen and oxygen atoms in total. The van der Waals surface area contributed by atoms with E-state index in [4.69, 9.17) is 0 Å². The number of nitrogens with one attached hydrogen (secondary N) is 2. The molecular formula is C15H22N4O. The molecule has 2 rings (SSSR count). The Hall–Kier alpha value is -1.88. The van der Waals surface area contributed by atoms with Gasteiger partial charge in [0.15, 0.2) is 0 Å². The predicted molar refractivity (Wildman–Crippen MR) is 83.1 cm³/mol. The molecule has 0 spiro atoms. The first-order valence-electron chi connectivity index (χ1n) is 6.91. The van der Waals surface area contributed by atoms with E-state index in [1.54, 1.807) is 6.92 Å². The van der Waals surface area contributed by atoms with E-state index < -0.39 is 11.6 Å². The van der Waals surface area contributed by atoms with Crippen molar-refractivity contribution in [3.63, 3.8) is 0 Å². The van der Waals surface area contributed by atoms with Gasteiger partial charge in [-0.15, -0.1) is 0 Å². The zero-order chi connectivity index (χ0) is 14.8. The average Bonchev–Trinajstić information content (AvgIpc) is 2.38. The van der Waals surface area contributed by atoms with Gasteiger partial charge in [-0.25, -0.2) is 4.98 Å². The van der Waals surface area contributed by atoms with E-state index in [0.29, 0.717) is 5.95 Å². The highest BCUT2D eigenvalue weighted by Crippen LogP contribution is 2.25. The normalized spacial score (nSPS) is 13.2. The Bertz CT molecular complexity index is 595. The minimum Gasteiger partial charge on any atom is -0.391 e. The Morgan fingerprint density at radius 1 is 1.25 bits per heavy atom. The zero-order valence-corrected chi connectivity index (χ0v) is 12.4. The summed E-state index contributed by atoms with van der Waals surface area (Å²) in [5, 5.41) is 17.3. The first kappa shape index (κ1) is 14.5. The molecule has 0 saturated carbocycles. The van der Waals surface area contributed by atoms with Crippen molar-refractivity contribution in [3.8, 4) is 0 Å². The third-order valence-electron chi connectivity index (χ3n) is 3.42. The third-order valence-corrected chi connectivity index (χ3v) is 3.42. The lowest BCUT2D eigenvalue weighted by atomic mass is 9.98. The van der Waals surface area contributed by atoms with Gasteiger partial charge in [0.1, 0.15) is 5.82 Å². The standard InChI is InChI=1S/C15H22N4O/c1-5-16-14-17-12-9-7-6-8-11(12)13(18-14)19-15(3,4)10(2)20/h6-10,20H,5H2,1-4H3,(H2,16,17,18,19). The Balaban J connectivity index is 2.49. The molecule has 5 heteroatoms. The number of aliphatic hydroxyl groups excluding tert-OH is 1. The van der Waals surface area contributed by atoms with Crippen LogP contribution in [0, 0.1) is 0 Å². The van der Waals surface area contributed by atoms with Crippen molar-refractivity contribution in [1.82, 2.24) is 9.97 Å². The SMILES string of the molecule is CCNc1nc(NC(C)(C)C(C)O)c2ccccc2n1. The number of nitrogens with zero attached hydrogens (tertiary/aromatic N) is 2. The van der Waals surface area contributed by atoms with Crippen LogP contribution < -0.4 is 10.6 Å². The van der Waals surface area contributed by atoms with Gasteiger partial charge in [-0.1, -0.05) is 12.1 Å². The summed E-state index contributed by atoms with van der Waals surface area (Å²) < 4.78 is 0. The van der Waals surface area contributed by atoms with Gasteiger partial charge in [-0.3, -0.25) is 0 Å². The minimum absolute atomic E-state index is 0.472. The highest BCUT2D eigenvalue weighted by Gasteiger charge is 2.25. The minimum atomic E-state index is -0.501. The lowest BCUT2D eigenvalue weighted by Gasteiger charge is -2.30. The molecule has 0 bridgehead atoms. The van der Waals surface area contributed by atoms with Crippen LogP contribution in [0.4, 0.5) is 11.8 Å². The second-order valence-corrected chi connectivity index (χ2v) is 5.47. The fourth-order valence-electron chi connectivity index (χ4n) is 1.82. The maximum Gasteiger partial charge on any atom is 0.225 e. The molecule has 20 heavy (non-hydrogen) atoms. The van der Waals surface area contributed by atoms with Crippen LogP contribution in [0.5, 0.6) is 0 Å². The molecule has 0 fully saturated rings. The first-order valence-corrected chi connectivity index (χ1v) is 6.91. The highest BCUT2D eigenvalue weighted by atomic mass is 16.3. The molecule has 0 aliphatic rings. The van der Waals surface area contributed by atoms with Gasteiger partial charge in [0.2, 0.25) is 5.95 Å². The molecule has 2 aromatic rings. The molecular weight excluding hydrogens is 252 g/mol. The predicted octanol–water partition coefficient (Wildman–Crippen LogP) is 2.63. The number of aromatic nitrogens is 2. The number of aliphatic hydroxyl groups is 1. The lowest BCUT2D eigenvalue weighted by molar-refractivity contribution is 0.133. The Kier molecular flexibility index (Phi) is 4.09. The average molecular weight is 274 g/mol. The van der Waals surface area contributed by atoms with Crippen LogP contribution in [0.3, 0.4) is 0 Å². The van der Waals surface area contributed by atoms with Crippen molar-refractivity contribution < 1.29 is 5.11 Å². The molecule has 3 N–H and O–H groups in total. The van der Waals surface area contributed by atoms with Gasteiger partial charge in [0.25, 0.3) is 0 Å². The van der Waals surface area contributed by atoms with Crippen molar-refractivity contribution in [2.24, 2.45) is 0 Å². The lowest BCUT2D eigenvalue weighted by Crippen LogP contribution is -2.42. The van der Waals surface area contributed by atoms with E-state index in [2.05, 4.69) is 20.6 Å². The topological polar surface area (TPSA) is 70.1 Å². The van der Waals surface area contributed by atoms with Crippen LogP contribution in [-0.2, 0) is 0 Å². The quantitative estimate of drug-likeness (QED) is 0.782. The molecule has 1 atom stereocenters. The fourth-order valence-corrected chi connectivity index (χ4v) is 1.82. The van der Waals surface area contributed by atoms with E-state index in [0.717, 1.165) is 23.3 Å². The van der Waals surface area contributed by atoms with Crippen LogP contribution in [0.1, 0.15) is 27.7 Å². The second-order valence-electron chi connectivity index (χ2n) is 5.47. The van der Waals surface area contributed by atoms with Gasteiger partial charge < -0.3 is 15.7 Å². The third kappa shape index (κ3) is 2.99. The van der Waals surface area contributed by atoms with Crippen molar-refractivity contribution in [2.75, 3.05) is 17.2 Å². The van der Waals surface area contributed by atoms with Crippen LogP contribution in [-0.4, -0.2) is 33.3 Å². The monoisotopic (exact) mass is 274 g/mol. The fraction of sp³-hybridized carbons (Fsp3) is 0.467.